The summed E-state index contributed by atoms with van der Waals surface area (Å²) in [5, 5.41) is 11.4. The third-order valence-corrected chi connectivity index (χ3v) is 1.71. The lowest BCUT2D eigenvalue weighted by Gasteiger charge is -2.21. The number of rotatable bonds is 2. The van der Waals surface area contributed by atoms with E-state index in [1.807, 2.05) is 41.5 Å². The zero-order chi connectivity index (χ0) is 16.0. The van der Waals surface area contributed by atoms with Crippen LogP contribution in [0, 0.1) is 0 Å². The molecule has 1 amide bonds. The summed E-state index contributed by atoms with van der Waals surface area (Å²) in [5.74, 6) is -1.40. The molecule has 0 spiro atoms. The third kappa shape index (κ3) is 14.6. The van der Waals surface area contributed by atoms with Gasteiger partial charge in [0.05, 0.1) is 0 Å². The van der Waals surface area contributed by atoms with Gasteiger partial charge in [0.1, 0.15) is 0 Å². The second kappa shape index (κ2) is 7.28. The minimum Gasteiger partial charge on any atom is -0.478 e. The lowest BCUT2D eigenvalue weighted by Crippen LogP contribution is -2.41. The van der Waals surface area contributed by atoms with Crippen LogP contribution >= 0.6 is 0 Å². The van der Waals surface area contributed by atoms with E-state index >= 15 is 0 Å². The summed E-state index contributed by atoms with van der Waals surface area (Å²) < 4.78 is 0. The minimum absolute atomic E-state index is 0. The summed E-state index contributed by atoms with van der Waals surface area (Å²) in [6, 6.07) is 0. The molecule has 0 saturated heterocycles. The van der Waals surface area contributed by atoms with E-state index in [9.17, 15) is 9.59 Å². The van der Waals surface area contributed by atoms with Crippen LogP contribution in [0.25, 0.3) is 0 Å². The molecule has 4 N–H and O–H groups in total. The SMILES string of the molecule is C/C(C(=O)O)=C(\C)C(=O)NC(C)(C)C.CC(C)(C)N. The Bertz CT molecular complexity index is 352. The van der Waals surface area contributed by atoms with Crippen molar-refractivity contribution in [1.29, 1.82) is 0 Å². The fourth-order valence-electron chi connectivity index (χ4n) is 0.765. The first-order valence-electron chi connectivity index (χ1n) is 6.17. The monoisotopic (exact) mass is 272 g/mol. The molecule has 5 heteroatoms. The first-order valence-corrected chi connectivity index (χ1v) is 6.17. The first kappa shape index (κ1) is 20.0. The lowest BCUT2D eigenvalue weighted by molar-refractivity contribution is -0.133. The van der Waals surface area contributed by atoms with Crippen molar-refractivity contribution < 1.29 is 14.7 Å². The number of hydrogen-bond acceptors (Lipinski definition) is 3. The molecule has 0 atom stereocenters. The predicted molar refractivity (Wildman–Crippen MR) is 77.8 cm³/mol. The topological polar surface area (TPSA) is 92.4 Å². The molecular formula is C14H28N2O3. The van der Waals surface area contributed by atoms with Gasteiger partial charge in [0.15, 0.2) is 0 Å². The number of nitrogens with two attached hydrogens (primary N) is 1. The number of amides is 1. The number of carbonyl (C=O) groups excluding carboxylic acids is 1. The Morgan fingerprint density at radius 1 is 0.947 bits per heavy atom. The van der Waals surface area contributed by atoms with Gasteiger partial charge in [0.25, 0.3) is 0 Å². The second-order valence-electron chi connectivity index (χ2n) is 6.63. The Kier molecular flexibility index (Phi) is 7.65. The normalized spacial score (nSPS) is 12.9. The molecule has 0 heterocycles. The van der Waals surface area contributed by atoms with Gasteiger partial charge < -0.3 is 16.2 Å². The standard InChI is InChI=1S/C10H17NO3.C4H11N/c1-6(7(2)9(13)14)8(12)11-10(3,4)5;1-4(2,3)5/h1-5H3,(H,11,12)(H,13,14);5H2,1-3H3/b7-6-;. The molecule has 0 aromatic heterocycles. The molecule has 0 rings (SSSR count). The maximum atomic E-state index is 11.5. The summed E-state index contributed by atoms with van der Waals surface area (Å²) in [6.45, 7) is 14.3. The van der Waals surface area contributed by atoms with Crippen LogP contribution in [0.1, 0.15) is 55.4 Å². The quantitative estimate of drug-likeness (QED) is 0.671. The van der Waals surface area contributed by atoms with Crippen molar-refractivity contribution in [2.75, 3.05) is 0 Å². The van der Waals surface area contributed by atoms with Crippen molar-refractivity contribution in [2.45, 2.75) is 66.5 Å². The van der Waals surface area contributed by atoms with Crippen LogP contribution in [0.4, 0.5) is 0 Å². The maximum absolute atomic E-state index is 11.5. The van der Waals surface area contributed by atoms with Gasteiger partial charge in [-0.1, -0.05) is 0 Å². The molecule has 0 saturated carbocycles. The van der Waals surface area contributed by atoms with Gasteiger partial charge in [-0.25, -0.2) is 4.79 Å². The first-order chi connectivity index (χ1) is 8.15. The fourth-order valence-corrected chi connectivity index (χ4v) is 0.765. The summed E-state index contributed by atoms with van der Waals surface area (Å²) in [5.41, 5.74) is 5.32. The minimum atomic E-state index is -1.06. The van der Waals surface area contributed by atoms with Crippen molar-refractivity contribution >= 4 is 11.9 Å². The van der Waals surface area contributed by atoms with E-state index in [-0.39, 0.29) is 28.1 Å². The van der Waals surface area contributed by atoms with E-state index in [1.165, 1.54) is 13.8 Å². The fraction of sp³-hybridized carbons (Fsp3) is 0.714. The van der Waals surface area contributed by atoms with Crippen LogP contribution < -0.4 is 11.1 Å². The number of aliphatic carboxylic acids is 1. The van der Waals surface area contributed by atoms with Crippen molar-refractivity contribution in [1.82, 2.24) is 5.32 Å². The summed E-state index contributed by atoms with van der Waals surface area (Å²) in [6.07, 6.45) is 0. The molecule has 0 bridgehead atoms. The largest absolute Gasteiger partial charge is 0.478 e. The highest BCUT2D eigenvalue weighted by Gasteiger charge is 2.17. The summed E-state index contributed by atoms with van der Waals surface area (Å²) in [7, 11) is 0. The van der Waals surface area contributed by atoms with E-state index in [2.05, 4.69) is 5.32 Å². The highest BCUT2D eigenvalue weighted by Crippen LogP contribution is 2.06. The van der Waals surface area contributed by atoms with Crippen molar-refractivity contribution in [3.63, 3.8) is 0 Å². The molecule has 5 nitrogen and oxygen atoms in total. The van der Waals surface area contributed by atoms with E-state index in [4.69, 9.17) is 10.8 Å². The number of nitrogens with one attached hydrogen (secondary N) is 1. The summed E-state index contributed by atoms with van der Waals surface area (Å²) >= 11 is 0. The molecule has 112 valence electrons. The molecular weight excluding hydrogens is 244 g/mol. The predicted octanol–water partition coefficient (Wildman–Crippen LogP) is 2.07. The average molecular weight is 272 g/mol. The lowest BCUT2D eigenvalue weighted by atomic mass is 10.1. The Hall–Kier alpha value is -1.36. The number of carbonyl (C=O) groups is 2. The van der Waals surface area contributed by atoms with E-state index in [0.29, 0.717) is 0 Å². The molecule has 0 radical (unpaired) electrons. The second-order valence-corrected chi connectivity index (χ2v) is 6.63. The molecule has 0 aliphatic carbocycles. The number of hydrogen-bond donors (Lipinski definition) is 3. The van der Waals surface area contributed by atoms with Crippen LogP contribution in [-0.4, -0.2) is 28.1 Å². The third-order valence-electron chi connectivity index (χ3n) is 1.71. The Morgan fingerprint density at radius 2 is 1.26 bits per heavy atom. The van der Waals surface area contributed by atoms with E-state index in [1.54, 1.807) is 0 Å². The zero-order valence-corrected chi connectivity index (χ0v) is 13.3. The van der Waals surface area contributed by atoms with Crippen LogP contribution in [-0.2, 0) is 9.59 Å². The van der Waals surface area contributed by atoms with Crippen LogP contribution in [0.3, 0.4) is 0 Å². The van der Waals surface area contributed by atoms with Gasteiger partial charge >= 0.3 is 5.97 Å². The van der Waals surface area contributed by atoms with Crippen LogP contribution in [0.5, 0.6) is 0 Å². The highest BCUT2D eigenvalue weighted by atomic mass is 16.4. The van der Waals surface area contributed by atoms with Crippen molar-refractivity contribution in [2.24, 2.45) is 5.73 Å². The van der Waals surface area contributed by atoms with Gasteiger partial charge in [-0.05, 0) is 55.4 Å². The Labute approximate surface area is 116 Å². The molecule has 0 unspecified atom stereocenters. The smallest absolute Gasteiger partial charge is 0.331 e. The van der Waals surface area contributed by atoms with Gasteiger partial charge in [-0.15, -0.1) is 0 Å². The van der Waals surface area contributed by atoms with Crippen LogP contribution in [0.2, 0.25) is 0 Å². The molecule has 0 aliphatic heterocycles. The van der Waals surface area contributed by atoms with Gasteiger partial charge in [-0.3, -0.25) is 4.79 Å². The Balaban J connectivity index is 0. The number of carboxylic acid groups (broad SMARTS) is 1. The number of carboxylic acids is 1. The van der Waals surface area contributed by atoms with Gasteiger partial charge in [0.2, 0.25) is 5.91 Å². The Morgan fingerprint density at radius 3 is 1.47 bits per heavy atom. The van der Waals surface area contributed by atoms with Gasteiger partial charge in [0, 0.05) is 22.2 Å². The molecule has 0 aromatic rings. The molecule has 0 fully saturated rings. The van der Waals surface area contributed by atoms with Crippen molar-refractivity contribution in [3.05, 3.63) is 11.1 Å². The van der Waals surface area contributed by atoms with E-state index < -0.39 is 5.97 Å². The molecule has 0 aliphatic rings. The summed E-state index contributed by atoms with van der Waals surface area (Å²) in [4.78, 5) is 22.0. The highest BCUT2D eigenvalue weighted by molar-refractivity contribution is 6.01. The average Bonchev–Trinajstić information content (AvgIpc) is 2.09. The molecule has 19 heavy (non-hydrogen) atoms. The molecule has 0 aromatic carbocycles. The van der Waals surface area contributed by atoms with Crippen LogP contribution in [0.15, 0.2) is 11.1 Å². The van der Waals surface area contributed by atoms with E-state index in [0.717, 1.165) is 0 Å². The van der Waals surface area contributed by atoms with Crippen molar-refractivity contribution in [3.8, 4) is 0 Å². The zero-order valence-electron chi connectivity index (χ0n) is 13.3. The maximum Gasteiger partial charge on any atom is 0.331 e. The van der Waals surface area contributed by atoms with Gasteiger partial charge in [-0.2, -0.15) is 0 Å².